The number of hydrogen-bond donors (Lipinski definition) is 3. The number of H-pyrrole nitrogens is 1. The molecule has 1 aromatic carbocycles. The molecule has 0 unspecified atom stereocenters. The number of fused-ring (bicyclic) bond motifs is 4. The number of nitrogens with one attached hydrogen (secondary N) is 2. The van der Waals surface area contributed by atoms with E-state index in [0.29, 0.717) is 32.1 Å². The molecule has 0 aliphatic carbocycles. The number of benzene rings is 1. The Hall–Kier alpha value is -3.43. The van der Waals surface area contributed by atoms with Gasteiger partial charge in [-0.1, -0.05) is 6.07 Å². The van der Waals surface area contributed by atoms with Gasteiger partial charge >= 0.3 is 0 Å². The predicted octanol–water partition coefficient (Wildman–Crippen LogP) is 2.11. The van der Waals surface area contributed by atoms with Gasteiger partial charge in [-0.25, -0.2) is 4.68 Å². The van der Waals surface area contributed by atoms with Crippen LogP contribution in [-0.2, 0) is 20.1 Å². The maximum Gasteiger partial charge on any atom is 0.219 e. The average Bonchev–Trinajstić information content (AvgIpc) is 3.42. The van der Waals surface area contributed by atoms with Crippen LogP contribution in [0.5, 0.6) is 5.88 Å². The molecule has 9 heteroatoms. The zero-order valence-electron chi connectivity index (χ0n) is 17.6. The summed E-state index contributed by atoms with van der Waals surface area (Å²) in [6.07, 6.45) is 5.90. The normalized spacial score (nSPS) is 15.2. The molecule has 3 N–H and O–H groups in total. The summed E-state index contributed by atoms with van der Waals surface area (Å²) in [5.74, 6) is 0.658. The summed E-state index contributed by atoms with van der Waals surface area (Å²) >= 11 is 0. The molecular formula is C22H25N7O2. The Balaban J connectivity index is 1.64. The van der Waals surface area contributed by atoms with Crippen LogP contribution in [0.25, 0.3) is 34.2 Å². The molecule has 160 valence electrons. The highest BCUT2D eigenvalue weighted by Crippen LogP contribution is 2.30. The van der Waals surface area contributed by atoms with Gasteiger partial charge in [-0.3, -0.25) is 9.78 Å². The average molecular weight is 419 g/mol. The third-order valence-corrected chi connectivity index (χ3v) is 5.62. The van der Waals surface area contributed by atoms with Crippen molar-refractivity contribution in [2.24, 2.45) is 7.05 Å². The van der Waals surface area contributed by atoms with Crippen molar-refractivity contribution < 1.29 is 9.84 Å². The minimum Gasteiger partial charge on any atom is -0.476 e. The van der Waals surface area contributed by atoms with Crippen LogP contribution in [-0.4, -0.2) is 54.6 Å². The molecule has 5 rings (SSSR count). The molecule has 0 atom stereocenters. The van der Waals surface area contributed by atoms with Crippen molar-refractivity contribution in [3.05, 3.63) is 47.0 Å². The molecule has 2 bridgehead atoms. The summed E-state index contributed by atoms with van der Waals surface area (Å²) in [6, 6.07) is 6.26. The molecule has 0 fully saturated rings. The van der Waals surface area contributed by atoms with Crippen molar-refractivity contribution >= 4 is 23.1 Å². The Morgan fingerprint density at radius 3 is 3.03 bits per heavy atom. The van der Waals surface area contributed by atoms with Crippen molar-refractivity contribution in [2.75, 3.05) is 19.8 Å². The molecule has 1 aliphatic heterocycles. The summed E-state index contributed by atoms with van der Waals surface area (Å²) in [5, 5.41) is 30.5. The second-order valence-electron chi connectivity index (χ2n) is 7.61. The van der Waals surface area contributed by atoms with Gasteiger partial charge < -0.3 is 15.2 Å². The third-order valence-electron chi connectivity index (χ3n) is 5.62. The first-order valence-corrected chi connectivity index (χ1v) is 10.3. The molecular weight excluding hydrogens is 394 g/mol. The predicted molar refractivity (Wildman–Crippen MR) is 118 cm³/mol. The van der Waals surface area contributed by atoms with Crippen LogP contribution in [0.2, 0.25) is 0 Å². The Kier molecular flexibility index (Phi) is 5.05. The van der Waals surface area contributed by atoms with E-state index in [1.165, 1.54) is 0 Å². The fraction of sp³-hybridized carbons (Fsp3) is 0.318. The number of aryl methyl sites for hydroxylation is 2. The van der Waals surface area contributed by atoms with Crippen LogP contribution >= 0.6 is 0 Å². The molecule has 1 aliphatic rings. The minimum absolute atomic E-state index is 0.00386. The van der Waals surface area contributed by atoms with Crippen molar-refractivity contribution in [2.45, 2.75) is 20.0 Å². The standard InChI is InChI=1S/C22H25N7O2/c1-14-16-4-6-20-17-11-15(3-5-19(17)25-26-20)18-12-24-28(2)21(18)13-23-7-10-31-22(16)29(27-14)8-9-30/h3-6,11-12,23,30H,7-10,13H2,1-2H3,(H,25,26)/b6-4+. The quantitative estimate of drug-likeness (QED) is 0.460. The summed E-state index contributed by atoms with van der Waals surface area (Å²) in [4.78, 5) is 0. The first-order valence-electron chi connectivity index (χ1n) is 10.3. The number of ether oxygens (including phenoxy) is 1. The maximum absolute atomic E-state index is 9.42. The molecule has 3 aromatic heterocycles. The Labute approximate surface area is 179 Å². The Bertz CT molecular complexity index is 1260. The van der Waals surface area contributed by atoms with Crippen LogP contribution in [0, 0.1) is 6.92 Å². The first-order chi connectivity index (χ1) is 15.2. The molecule has 9 nitrogen and oxygen atoms in total. The van der Waals surface area contributed by atoms with E-state index in [1.54, 1.807) is 4.68 Å². The van der Waals surface area contributed by atoms with E-state index in [1.807, 2.05) is 43.1 Å². The number of aliphatic hydroxyl groups is 1. The lowest BCUT2D eigenvalue weighted by Gasteiger charge is -2.11. The fourth-order valence-electron chi connectivity index (χ4n) is 4.00. The number of nitrogens with zero attached hydrogens (tertiary/aromatic N) is 5. The van der Waals surface area contributed by atoms with E-state index >= 15 is 0 Å². The van der Waals surface area contributed by atoms with Crippen LogP contribution in [0.4, 0.5) is 0 Å². The van der Waals surface area contributed by atoms with Crippen LogP contribution in [0.3, 0.4) is 0 Å². The Morgan fingerprint density at radius 1 is 1.26 bits per heavy atom. The number of rotatable bonds is 2. The molecule has 0 saturated carbocycles. The van der Waals surface area contributed by atoms with Gasteiger partial charge in [-0.15, -0.1) is 0 Å². The van der Waals surface area contributed by atoms with E-state index < -0.39 is 0 Å². The summed E-state index contributed by atoms with van der Waals surface area (Å²) in [5.41, 5.74) is 6.87. The number of aromatic amines is 1. The molecule has 0 radical (unpaired) electrons. The molecule has 0 spiro atoms. The molecule has 4 heterocycles. The highest BCUT2D eigenvalue weighted by Gasteiger charge is 2.17. The van der Waals surface area contributed by atoms with Gasteiger partial charge in [0.2, 0.25) is 5.88 Å². The number of hydrogen-bond acceptors (Lipinski definition) is 6. The van der Waals surface area contributed by atoms with Gasteiger partial charge in [0.05, 0.1) is 47.5 Å². The Morgan fingerprint density at radius 2 is 2.16 bits per heavy atom. The van der Waals surface area contributed by atoms with Crippen molar-refractivity contribution in [1.82, 2.24) is 35.1 Å². The fourth-order valence-corrected chi connectivity index (χ4v) is 4.00. The lowest BCUT2D eigenvalue weighted by Crippen LogP contribution is -2.23. The topological polar surface area (TPSA) is 106 Å². The van der Waals surface area contributed by atoms with Crippen molar-refractivity contribution in [3.8, 4) is 17.0 Å². The number of aromatic nitrogens is 6. The highest BCUT2D eigenvalue weighted by atomic mass is 16.5. The van der Waals surface area contributed by atoms with Gasteiger partial charge in [0.1, 0.15) is 6.61 Å². The van der Waals surface area contributed by atoms with E-state index in [0.717, 1.165) is 44.7 Å². The van der Waals surface area contributed by atoms with E-state index in [4.69, 9.17) is 4.74 Å². The van der Waals surface area contributed by atoms with E-state index in [-0.39, 0.29) is 6.61 Å². The molecule has 31 heavy (non-hydrogen) atoms. The molecule has 0 amide bonds. The van der Waals surface area contributed by atoms with Gasteiger partial charge in [-0.2, -0.15) is 15.3 Å². The maximum atomic E-state index is 9.42. The van der Waals surface area contributed by atoms with Gasteiger partial charge in [-0.05, 0) is 36.8 Å². The van der Waals surface area contributed by atoms with Gasteiger partial charge in [0.15, 0.2) is 0 Å². The smallest absolute Gasteiger partial charge is 0.219 e. The minimum atomic E-state index is -0.00386. The van der Waals surface area contributed by atoms with Crippen molar-refractivity contribution in [1.29, 1.82) is 0 Å². The van der Waals surface area contributed by atoms with Crippen LogP contribution < -0.4 is 10.1 Å². The van der Waals surface area contributed by atoms with Crippen molar-refractivity contribution in [3.63, 3.8) is 0 Å². The summed E-state index contributed by atoms with van der Waals surface area (Å²) in [6.45, 7) is 4.14. The van der Waals surface area contributed by atoms with E-state index in [9.17, 15) is 5.11 Å². The summed E-state index contributed by atoms with van der Waals surface area (Å²) in [7, 11) is 1.96. The third kappa shape index (κ3) is 3.51. The second kappa shape index (κ2) is 8.01. The van der Waals surface area contributed by atoms with Gasteiger partial charge in [0.25, 0.3) is 0 Å². The largest absolute Gasteiger partial charge is 0.476 e. The lowest BCUT2D eigenvalue weighted by atomic mass is 10.0. The monoisotopic (exact) mass is 419 g/mol. The van der Waals surface area contributed by atoms with Crippen LogP contribution in [0.1, 0.15) is 22.6 Å². The second-order valence-corrected chi connectivity index (χ2v) is 7.61. The molecule has 0 saturated heterocycles. The van der Waals surface area contributed by atoms with E-state index in [2.05, 4.69) is 37.8 Å². The highest BCUT2D eigenvalue weighted by molar-refractivity contribution is 5.93. The van der Waals surface area contributed by atoms with Gasteiger partial charge in [0, 0.05) is 31.1 Å². The summed E-state index contributed by atoms with van der Waals surface area (Å²) < 4.78 is 9.72. The lowest BCUT2D eigenvalue weighted by molar-refractivity contribution is 0.239. The zero-order chi connectivity index (χ0) is 21.4. The SMILES string of the molecule is Cc1nn(CCO)c2c1/C=C/c1[nH]nc3ccc(cc13)-c1cnn(C)c1CNCCO2. The molecule has 4 aromatic rings. The van der Waals surface area contributed by atoms with Crippen LogP contribution in [0.15, 0.2) is 24.4 Å². The zero-order valence-corrected chi connectivity index (χ0v) is 17.6. The first kappa shape index (κ1) is 19.5. The number of aliphatic hydroxyl groups excluding tert-OH is 1.